The molecule has 43 heavy (non-hydrogen) atoms. The predicted molar refractivity (Wildman–Crippen MR) is 155 cm³/mol. The summed E-state index contributed by atoms with van der Waals surface area (Å²) in [5.74, 6) is -1.46. The molecule has 1 aliphatic rings. The normalized spacial score (nSPS) is 13.4. The Morgan fingerprint density at radius 2 is 1.77 bits per heavy atom. The van der Waals surface area contributed by atoms with Crippen molar-refractivity contribution in [1.29, 1.82) is 0 Å². The van der Waals surface area contributed by atoms with Gasteiger partial charge >= 0.3 is 5.69 Å². The summed E-state index contributed by atoms with van der Waals surface area (Å²) < 4.78 is 38.4. The summed E-state index contributed by atoms with van der Waals surface area (Å²) in [6.07, 6.45) is 9.37. The lowest BCUT2D eigenvalue weighted by molar-refractivity contribution is 0.0989. The van der Waals surface area contributed by atoms with Crippen molar-refractivity contribution in [3.63, 3.8) is 0 Å². The van der Waals surface area contributed by atoms with E-state index in [0.717, 1.165) is 47.9 Å². The molecule has 0 saturated heterocycles. The summed E-state index contributed by atoms with van der Waals surface area (Å²) >= 11 is 0. The molecule has 0 bridgehead atoms. The van der Waals surface area contributed by atoms with Crippen LogP contribution in [0.2, 0.25) is 0 Å². The van der Waals surface area contributed by atoms with Crippen LogP contribution in [-0.4, -0.2) is 29.7 Å². The second-order valence-corrected chi connectivity index (χ2v) is 10.5. The standard InChI is InChI=1S/C32H27F2N5O4/c1-37-18-21(17-36-37)28-16-25(12-13-35-28)43-30-11-6-20(14-27(30)34)15-29(40)26-19-38(23-4-2-3-5-23)32(42)39(31(26)41)24-9-7-22(33)8-10-24/h6-14,16-19,23H,2-5,15H2,1H3. The van der Waals surface area contributed by atoms with Crippen LogP contribution in [0.25, 0.3) is 16.9 Å². The van der Waals surface area contributed by atoms with Crippen molar-refractivity contribution in [3.05, 3.63) is 123 Å². The van der Waals surface area contributed by atoms with Crippen molar-refractivity contribution in [1.82, 2.24) is 23.9 Å². The van der Waals surface area contributed by atoms with Crippen LogP contribution in [-0.2, 0) is 13.5 Å². The van der Waals surface area contributed by atoms with Crippen molar-refractivity contribution in [2.75, 3.05) is 0 Å². The van der Waals surface area contributed by atoms with Gasteiger partial charge in [-0.3, -0.25) is 23.8 Å². The maximum absolute atomic E-state index is 15.1. The van der Waals surface area contributed by atoms with Crippen molar-refractivity contribution in [2.24, 2.45) is 7.05 Å². The number of pyridine rings is 1. The average molecular weight is 584 g/mol. The third kappa shape index (κ3) is 5.78. The number of Topliss-reactive ketones (excluding diaryl/α,β-unsaturated/α-hetero) is 1. The summed E-state index contributed by atoms with van der Waals surface area (Å²) in [7, 11) is 1.79. The Morgan fingerprint density at radius 3 is 2.47 bits per heavy atom. The molecule has 6 rings (SSSR count). The zero-order valence-corrected chi connectivity index (χ0v) is 23.2. The molecule has 0 atom stereocenters. The highest BCUT2D eigenvalue weighted by atomic mass is 19.1. The van der Waals surface area contributed by atoms with Gasteiger partial charge in [0.1, 0.15) is 17.1 Å². The molecule has 9 nitrogen and oxygen atoms in total. The van der Waals surface area contributed by atoms with E-state index in [0.29, 0.717) is 17.0 Å². The van der Waals surface area contributed by atoms with Gasteiger partial charge in [-0.05, 0) is 60.9 Å². The van der Waals surface area contributed by atoms with E-state index in [-0.39, 0.29) is 29.5 Å². The van der Waals surface area contributed by atoms with Gasteiger partial charge in [0.25, 0.3) is 5.56 Å². The van der Waals surface area contributed by atoms with Gasteiger partial charge in [0.15, 0.2) is 17.3 Å². The number of nitrogens with zero attached hydrogens (tertiary/aromatic N) is 5. The molecule has 1 saturated carbocycles. The molecule has 0 radical (unpaired) electrons. The second kappa shape index (κ2) is 11.6. The summed E-state index contributed by atoms with van der Waals surface area (Å²) in [6, 6.07) is 12.2. The summed E-state index contributed by atoms with van der Waals surface area (Å²) in [5, 5.41) is 4.13. The lowest BCUT2D eigenvalue weighted by atomic mass is 10.0. The van der Waals surface area contributed by atoms with Gasteiger partial charge in [-0.15, -0.1) is 0 Å². The van der Waals surface area contributed by atoms with E-state index in [1.54, 1.807) is 48.5 Å². The van der Waals surface area contributed by atoms with Gasteiger partial charge < -0.3 is 4.74 Å². The first-order valence-corrected chi connectivity index (χ1v) is 13.9. The summed E-state index contributed by atoms with van der Waals surface area (Å²) in [4.78, 5) is 44.6. The largest absolute Gasteiger partial charge is 0.454 e. The SMILES string of the molecule is Cn1cc(-c2cc(Oc3ccc(CC(=O)c4cn(C5CCCC5)c(=O)n(-c5ccc(F)cc5)c4=O)cc3F)ccn2)cn1. The molecule has 5 aromatic rings. The summed E-state index contributed by atoms with van der Waals surface area (Å²) in [6.45, 7) is 0. The molecule has 1 aliphatic carbocycles. The number of benzene rings is 2. The lowest BCUT2D eigenvalue weighted by Crippen LogP contribution is -2.42. The van der Waals surface area contributed by atoms with E-state index < -0.39 is 28.7 Å². The van der Waals surface area contributed by atoms with Gasteiger partial charge in [-0.2, -0.15) is 5.10 Å². The first-order valence-electron chi connectivity index (χ1n) is 13.9. The number of hydrogen-bond donors (Lipinski definition) is 0. The molecule has 3 heterocycles. The molecular formula is C32H27F2N5O4. The van der Waals surface area contributed by atoms with E-state index in [1.807, 2.05) is 0 Å². The maximum Gasteiger partial charge on any atom is 0.335 e. The first kappa shape index (κ1) is 28.0. The molecule has 1 fully saturated rings. The maximum atomic E-state index is 15.1. The lowest BCUT2D eigenvalue weighted by Gasteiger charge is -2.17. The molecule has 218 valence electrons. The fourth-order valence-electron chi connectivity index (χ4n) is 5.36. The molecule has 0 N–H and O–H groups in total. The van der Waals surface area contributed by atoms with Crippen LogP contribution in [0.5, 0.6) is 11.5 Å². The van der Waals surface area contributed by atoms with Crippen LogP contribution in [0.3, 0.4) is 0 Å². The van der Waals surface area contributed by atoms with Crippen LogP contribution in [0.4, 0.5) is 8.78 Å². The number of ether oxygens (including phenoxy) is 1. The van der Waals surface area contributed by atoms with Crippen LogP contribution >= 0.6 is 0 Å². The minimum absolute atomic E-state index is 0.0482. The Morgan fingerprint density at radius 1 is 1.00 bits per heavy atom. The Hall–Kier alpha value is -5.19. The van der Waals surface area contributed by atoms with Gasteiger partial charge in [0.2, 0.25) is 0 Å². The molecule has 3 aromatic heterocycles. The second-order valence-electron chi connectivity index (χ2n) is 10.5. The van der Waals surface area contributed by atoms with Gasteiger partial charge in [-0.1, -0.05) is 18.9 Å². The highest BCUT2D eigenvalue weighted by molar-refractivity contribution is 5.97. The van der Waals surface area contributed by atoms with Crippen molar-refractivity contribution in [3.8, 4) is 28.4 Å². The van der Waals surface area contributed by atoms with Crippen LogP contribution in [0.15, 0.2) is 89.0 Å². The number of carbonyl (C=O) groups excluding carboxylic acids is 1. The smallest absolute Gasteiger partial charge is 0.335 e. The quantitative estimate of drug-likeness (QED) is 0.227. The Kier molecular flexibility index (Phi) is 7.54. The number of rotatable bonds is 8. The van der Waals surface area contributed by atoms with Gasteiger partial charge in [0.05, 0.1) is 17.6 Å². The Bertz CT molecular complexity index is 1940. The van der Waals surface area contributed by atoms with Crippen molar-refractivity contribution >= 4 is 5.78 Å². The highest BCUT2D eigenvalue weighted by Crippen LogP contribution is 2.29. The highest BCUT2D eigenvalue weighted by Gasteiger charge is 2.25. The molecule has 0 spiro atoms. The minimum Gasteiger partial charge on any atom is -0.454 e. The fourth-order valence-corrected chi connectivity index (χ4v) is 5.36. The molecule has 0 unspecified atom stereocenters. The Balaban J connectivity index is 1.27. The third-order valence-electron chi connectivity index (χ3n) is 7.54. The van der Waals surface area contributed by atoms with Crippen LogP contribution in [0.1, 0.15) is 47.6 Å². The number of hydrogen-bond acceptors (Lipinski definition) is 6. The first-order chi connectivity index (χ1) is 20.8. The monoisotopic (exact) mass is 583 g/mol. The van der Waals surface area contributed by atoms with Crippen molar-refractivity contribution in [2.45, 2.75) is 38.1 Å². The van der Waals surface area contributed by atoms with Gasteiger partial charge in [0, 0.05) is 49.7 Å². The number of ketones is 1. The van der Waals surface area contributed by atoms with E-state index in [2.05, 4.69) is 10.1 Å². The molecular weight excluding hydrogens is 556 g/mol. The number of aryl methyl sites for hydroxylation is 1. The van der Waals surface area contributed by atoms with Crippen LogP contribution in [0, 0.1) is 11.6 Å². The summed E-state index contributed by atoms with van der Waals surface area (Å²) in [5.41, 5.74) is 0.281. The van der Waals surface area contributed by atoms with E-state index in [9.17, 15) is 18.8 Å². The average Bonchev–Trinajstić information content (AvgIpc) is 3.68. The molecule has 2 aromatic carbocycles. The molecule has 11 heteroatoms. The third-order valence-corrected chi connectivity index (χ3v) is 7.54. The fraction of sp³-hybridized carbons (Fsp3) is 0.219. The number of halogens is 2. The zero-order valence-electron chi connectivity index (χ0n) is 23.2. The van der Waals surface area contributed by atoms with E-state index >= 15 is 4.39 Å². The Labute approximate surface area is 244 Å². The van der Waals surface area contributed by atoms with E-state index in [1.165, 1.54) is 35.0 Å². The van der Waals surface area contributed by atoms with E-state index in [4.69, 9.17) is 4.74 Å². The molecule has 0 amide bonds. The number of aromatic nitrogens is 5. The van der Waals surface area contributed by atoms with Crippen LogP contribution < -0.4 is 16.0 Å². The predicted octanol–water partition coefficient (Wildman–Crippen LogP) is 5.41. The van der Waals surface area contributed by atoms with Gasteiger partial charge in [-0.25, -0.2) is 18.1 Å². The van der Waals surface area contributed by atoms with Crippen molar-refractivity contribution < 1.29 is 18.3 Å². The minimum atomic E-state index is -0.807. The number of carbonyl (C=O) groups is 1. The zero-order chi connectivity index (χ0) is 30.1. The molecule has 0 aliphatic heterocycles. The topological polar surface area (TPSA) is 101 Å².